The largest absolute Gasteiger partial charge is 0.396 e. The number of unbranched alkanes of at least 4 members (excludes halogenated alkanes) is 10. The van der Waals surface area contributed by atoms with E-state index in [1.807, 2.05) is 0 Å². The quantitative estimate of drug-likeness (QED) is 0.402. The highest BCUT2D eigenvalue weighted by molar-refractivity contribution is 4.66. The van der Waals surface area contributed by atoms with Gasteiger partial charge in [0.05, 0.1) is 12.2 Å². The fraction of sp³-hybridized carbons (Fsp3) is 1.00. The maximum Gasteiger partial charge on any atom is 0.0820 e. The van der Waals surface area contributed by atoms with Gasteiger partial charge < -0.3 is 15.3 Å². The zero-order valence-corrected chi connectivity index (χ0v) is 13.4. The van der Waals surface area contributed by atoms with Gasteiger partial charge in [0.25, 0.3) is 0 Å². The molecule has 3 N–H and O–H groups in total. The van der Waals surface area contributed by atoms with Gasteiger partial charge in [-0.25, -0.2) is 0 Å². The first-order valence-corrected chi connectivity index (χ1v) is 8.69. The van der Waals surface area contributed by atoms with Crippen molar-refractivity contribution in [2.75, 3.05) is 6.61 Å². The van der Waals surface area contributed by atoms with Gasteiger partial charge in [0.15, 0.2) is 0 Å². The summed E-state index contributed by atoms with van der Waals surface area (Å²) in [5.41, 5.74) is 0. The van der Waals surface area contributed by atoms with Crippen molar-refractivity contribution in [2.24, 2.45) is 0 Å². The molecule has 2 unspecified atom stereocenters. The number of hydrogen-bond acceptors (Lipinski definition) is 3. The standard InChI is InChI=1S/C17H36O3/c1-2-3-4-5-6-7-8-9-10-11-12-13-16(19)17(20)14-15-18/h16-20H,2-15H2,1H3. The van der Waals surface area contributed by atoms with E-state index in [9.17, 15) is 10.2 Å². The summed E-state index contributed by atoms with van der Waals surface area (Å²) in [7, 11) is 0. The second-order valence-electron chi connectivity index (χ2n) is 5.97. The second-order valence-corrected chi connectivity index (χ2v) is 5.97. The van der Waals surface area contributed by atoms with Crippen LogP contribution < -0.4 is 0 Å². The van der Waals surface area contributed by atoms with Gasteiger partial charge in [0.2, 0.25) is 0 Å². The van der Waals surface area contributed by atoms with Crippen molar-refractivity contribution in [3.05, 3.63) is 0 Å². The van der Waals surface area contributed by atoms with Gasteiger partial charge in [-0.3, -0.25) is 0 Å². The summed E-state index contributed by atoms with van der Waals surface area (Å²) in [6.45, 7) is 2.19. The van der Waals surface area contributed by atoms with Crippen molar-refractivity contribution < 1.29 is 15.3 Å². The van der Waals surface area contributed by atoms with Gasteiger partial charge in [0, 0.05) is 6.61 Å². The molecule has 0 saturated heterocycles. The first kappa shape index (κ1) is 19.9. The van der Waals surface area contributed by atoms with E-state index in [-0.39, 0.29) is 13.0 Å². The molecule has 0 aliphatic heterocycles. The minimum absolute atomic E-state index is 0.0590. The first-order chi connectivity index (χ1) is 9.72. The van der Waals surface area contributed by atoms with E-state index in [1.165, 1.54) is 57.8 Å². The number of rotatable bonds is 15. The average molecular weight is 288 g/mol. The Kier molecular flexibility index (Phi) is 15.2. The van der Waals surface area contributed by atoms with Crippen LogP contribution >= 0.6 is 0 Å². The second kappa shape index (κ2) is 15.3. The maximum absolute atomic E-state index is 9.63. The van der Waals surface area contributed by atoms with E-state index < -0.39 is 12.2 Å². The Morgan fingerprint density at radius 2 is 1.00 bits per heavy atom. The van der Waals surface area contributed by atoms with Crippen LogP contribution in [0.2, 0.25) is 0 Å². The van der Waals surface area contributed by atoms with Crippen LogP contribution in [0.5, 0.6) is 0 Å². The van der Waals surface area contributed by atoms with Crippen molar-refractivity contribution in [1.29, 1.82) is 0 Å². The Bertz CT molecular complexity index is 185. The molecule has 0 aromatic carbocycles. The van der Waals surface area contributed by atoms with Crippen molar-refractivity contribution in [3.63, 3.8) is 0 Å². The predicted molar refractivity (Wildman–Crippen MR) is 84.8 cm³/mol. The Balaban J connectivity index is 3.16. The van der Waals surface area contributed by atoms with Crippen molar-refractivity contribution >= 4 is 0 Å². The van der Waals surface area contributed by atoms with Gasteiger partial charge in [-0.2, -0.15) is 0 Å². The fourth-order valence-electron chi connectivity index (χ4n) is 2.53. The number of hydrogen-bond donors (Lipinski definition) is 3. The first-order valence-electron chi connectivity index (χ1n) is 8.69. The van der Waals surface area contributed by atoms with Gasteiger partial charge in [0.1, 0.15) is 0 Å². The molecule has 0 fully saturated rings. The molecule has 0 radical (unpaired) electrons. The van der Waals surface area contributed by atoms with Crippen LogP contribution in [0.4, 0.5) is 0 Å². The number of aliphatic hydroxyl groups excluding tert-OH is 3. The van der Waals surface area contributed by atoms with Crippen LogP contribution in [-0.4, -0.2) is 34.1 Å². The highest BCUT2D eigenvalue weighted by atomic mass is 16.3. The van der Waals surface area contributed by atoms with Crippen molar-refractivity contribution in [3.8, 4) is 0 Å². The topological polar surface area (TPSA) is 60.7 Å². The molecular formula is C17H36O3. The smallest absolute Gasteiger partial charge is 0.0820 e. The van der Waals surface area contributed by atoms with Crippen LogP contribution in [0.15, 0.2) is 0 Å². The molecule has 0 aromatic rings. The number of aliphatic hydroxyl groups is 3. The molecule has 2 atom stereocenters. The molecular weight excluding hydrogens is 252 g/mol. The van der Waals surface area contributed by atoms with Gasteiger partial charge in [-0.15, -0.1) is 0 Å². The third-order valence-corrected chi connectivity index (χ3v) is 3.97. The highest BCUT2D eigenvalue weighted by Crippen LogP contribution is 2.13. The van der Waals surface area contributed by atoms with Crippen LogP contribution in [0.25, 0.3) is 0 Å². The molecule has 0 aromatic heterocycles. The van der Waals surface area contributed by atoms with E-state index in [2.05, 4.69) is 6.92 Å². The van der Waals surface area contributed by atoms with Gasteiger partial charge in [-0.05, 0) is 12.8 Å². The lowest BCUT2D eigenvalue weighted by Crippen LogP contribution is -2.26. The SMILES string of the molecule is CCCCCCCCCCCCCC(O)C(O)CCO. The summed E-state index contributed by atoms with van der Waals surface area (Å²) in [5.74, 6) is 0. The minimum Gasteiger partial charge on any atom is -0.396 e. The molecule has 0 amide bonds. The summed E-state index contributed by atoms with van der Waals surface area (Å²) in [5, 5.41) is 27.8. The van der Waals surface area contributed by atoms with Gasteiger partial charge in [-0.1, -0.05) is 77.6 Å². The predicted octanol–water partition coefficient (Wildman–Crippen LogP) is 3.79. The van der Waals surface area contributed by atoms with E-state index in [4.69, 9.17) is 5.11 Å². The van der Waals surface area contributed by atoms with Crippen LogP contribution in [0.1, 0.15) is 90.4 Å². The highest BCUT2D eigenvalue weighted by Gasteiger charge is 2.14. The summed E-state index contributed by atoms with van der Waals surface area (Å²) in [6.07, 6.45) is 13.7. The third kappa shape index (κ3) is 12.9. The molecule has 0 saturated carbocycles. The molecule has 0 bridgehead atoms. The summed E-state index contributed by atoms with van der Waals surface area (Å²) < 4.78 is 0. The molecule has 122 valence electrons. The zero-order chi connectivity index (χ0) is 15.1. The van der Waals surface area contributed by atoms with E-state index in [1.54, 1.807) is 0 Å². The lowest BCUT2D eigenvalue weighted by Gasteiger charge is -2.16. The molecule has 0 rings (SSSR count). The van der Waals surface area contributed by atoms with Crippen LogP contribution in [0.3, 0.4) is 0 Å². The molecule has 3 heteroatoms. The molecule has 3 nitrogen and oxygen atoms in total. The van der Waals surface area contributed by atoms with Crippen molar-refractivity contribution in [2.45, 2.75) is 103 Å². The normalized spacial score (nSPS) is 14.4. The minimum atomic E-state index is -0.761. The Hall–Kier alpha value is -0.120. The Morgan fingerprint density at radius 1 is 0.600 bits per heavy atom. The van der Waals surface area contributed by atoms with Crippen LogP contribution in [0, 0.1) is 0 Å². The summed E-state index contributed by atoms with van der Waals surface area (Å²) in [6, 6.07) is 0. The molecule has 0 heterocycles. The fourth-order valence-corrected chi connectivity index (χ4v) is 2.53. The Morgan fingerprint density at radius 3 is 1.45 bits per heavy atom. The van der Waals surface area contributed by atoms with E-state index in [0.717, 1.165) is 12.8 Å². The molecule has 0 spiro atoms. The van der Waals surface area contributed by atoms with E-state index in [0.29, 0.717) is 6.42 Å². The molecule has 0 aliphatic rings. The van der Waals surface area contributed by atoms with Crippen LogP contribution in [-0.2, 0) is 0 Å². The lowest BCUT2D eigenvalue weighted by molar-refractivity contribution is -0.000105. The Labute approximate surface area is 125 Å². The third-order valence-electron chi connectivity index (χ3n) is 3.97. The van der Waals surface area contributed by atoms with Gasteiger partial charge >= 0.3 is 0 Å². The lowest BCUT2D eigenvalue weighted by atomic mass is 10.0. The summed E-state index contributed by atoms with van der Waals surface area (Å²) in [4.78, 5) is 0. The summed E-state index contributed by atoms with van der Waals surface area (Å²) >= 11 is 0. The monoisotopic (exact) mass is 288 g/mol. The molecule has 20 heavy (non-hydrogen) atoms. The van der Waals surface area contributed by atoms with E-state index >= 15 is 0 Å². The average Bonchev–Trinajstić information content (AvgIpc) is 2.44. The maximum atomic E-state index is 9.63. The van der Waals surface area contributed by atoms with Crippen molar-refractivity contribution in [1.82, 2.24) is 0 Å². The zero-order valence-electron chi connectivity index (χ0n) is 13.4. The molecule has 0 aliphatic carbocycles.